The number of benzene rings is 2. The van der Waals surface area contributed by atoms with Crippen molar-refractivity contribution < 1.29 is 20.4 Å². The topological polar surface area (TPSA) is 80.9 Å². The third kappa shape index (κ3) is 7.01. The zero-order chi connectivity index (χ0) is 26.8. The smallest absolute Gasteiger partial charge is 0.123 e. The van der Waals surface area contributed by atoms with E-state index in [1.165, 1.54) is 0 Å². The molecular weight excluding hydrogens is 436 g/mol. The lowest BCUT2D eigenvalue weighted by molar-refractivity contribution is 0.288. The van der Waals surface area contributed by atoms with Crippen molar-refractivity contribution in [2.75, 3.05) is 13.2 Å². The molecule has 0 saturated carbocycles. The largest absolute Gasteiger partial charge is 0.507 e. The number of aromatic hydroxyl groups is 2. The fraction of sp³-hybridized carbons (Fsp3) is 0.613. The average molecular weight is 485 g/mol. The Balaban J connectivity index is 2.92. The van der Waals surface area contributed by atoms with Gasteiger partial charge in [-0.05, 0) is 64.2 Å². The van der Waals surface area contributed by atoms with Gasteiger partial charge in [0.2, 0.25) is 0 Å². The Kier molecular flexibility index (Phi) is 9.11. The molecule has 0 aromatic heterocycles. The predicted molar refractivity (Wildman–Crippen MR) is 146 cm³/mol. The number of rotatable bonds is 8. The second-order valence-corrected chi connectivity index (χ2v) is 13.1. The molecule has 196 valence electrons. The van der Waals surface area contributed by atoms with Gasteiger partial charge in [-0.1, -0.05) is 86.6 Å². The van der Waals surface area contributed by atoms with Crippen LogP contribution in [-0.2, 0) is 23.7 Å². The maximum atomic E-state index is 11.6. The Morgan fingerprint density at radius 2 is 0.943 bits per heavy atom. The molecule has 0 bridgehead atoms. The SMILES string of the molecule is CC(C)(C)c1cc(CCCO)cc(C(c2cc(CCCO)cc(C(C)(C)C)c2O)C(C)(C)C)c1O. The van der Waals surface area contributed by atoms with Crippen LogP contribution in [0, 0.1) is 5.41 Å². The summed E-state index contributed by atoms with van der Waals surface area (Å²) < 4.78 is 0. The minimum absolute atomic E-state index is 0.117. The van der Waals surface area contributed by atoms with E-state index in [0.717, 1.165) is 46.2 Å². The highest BCUT2D eigenvalue weighted by molar-refractivity contribution is 5.57. The zero-order valence-corrected chi connectivity index (χ0v) is 23.4. The summed E-state index contributed by atoms with van der Waals surface area (Å²) in [5.41, 5.74) is 4.71. The first-order chi connectivity index (χ1) is 16.0. The summed E-state index contributed by atoms with van der Waals surface area (Å²) in [6.07, 6.45) is 2.76. The number of phenols is 2. The number of hydrogen-bond donors (Lipinski definition) is 4. The van der Waals surface area contributed by atoms with Gasteiger partial charge < -0.3 is 20.4 Å². The van der Waals surface area contributed by atoms with E-state index in [9.17, 15) is 20.4 Å². The molecule has 0 aliphatic carbocycles. The van der Waals surface area contributed by atoms with Gasteiger partial charge >= 0.3 is 0 Å². The Hall–Kier alpha value is -2.04. The lowest BCUT2D eigenvalue weighted by Crippen LogP contribution is -2.23. The van der Waals surface area contributed by atoms with Crippen LogP contribution in [0.15, 0.2) is 24.3 Å². The standard InChI is InChI=1S/C31H48O4/c1-29(2,3)24-18-20(12-10-14-32)16-22(27(24)34)26(31(7,8)9)23-17-21(13-11-15-33)19-25(28(23)35)30(4,5)6/h16-19,26,32-35H,10-15H2,1-9H3. The maximum absolute atomic E-state index is 11.6. The summed E-state index contributed by atoms with van der Waals surface area (Å²) in [6, 6.07) is 8.25. The third-order valence-corrected chi connectivity index (χ3v) is 6.75. The first kappa shape index (κ1) is 29.2. The van der Waals surface area contributed by atoms with Crippen molar-refractivity contribution in [2.24, 2.45) is 5.41 Å². The lowest BCUT2D eigenvalue weighted by Gasteiger charge is -2.36. The number of aliphatic hydroxyl groups is 2. The van der Waals surface area contributed by atoms with Crippen LogP contribution in [0.5, 0.6) is 11.5 Å². The second kappa shape index (κ2) is 10.9. The number of aliphatic hydroxyl groups excluding tert-OH is 2. The molecule has 0 fully saturated rings. The lowest BCUT2D eigenvalue weighted by atomic mass is 9.68. The van der Waals surface area contributed by atoms with E-state index in [-0.39, 0.29) is 46.9 Å². The summed E-state index contributed by atoms with van der Waals surface area (Å²) in [7, 11) is 0. The van der Waals surface area contributed by atoms with Gasteiger partial charge in [0.15, 0.2) is 0 Å². The summed E-state index contributed by atoms with van der Waals surface area (Å²) >= 11 is 0. The van der Waals surface area contributed by atoms with Gasteiger partial charge in [-0.2, -0.15) is 0 Å². The molecule has 0 aliphatic rings. The molecule has 0 aliphatic heterocycles. The Morgan fingerprint density at radius 3 is 1.20 bits per heavy atom. The van der Waals surface area contributed by atoms with Crippen LogP contribution >= 0.6 is 0 Å². The molecular formula is C31H48O4. The van der Waals surface area contributed by atoms with Crippen LogP contribution in [0.3, 0.4) is 0 Å². The van der Waals surface area contributed by atoms with Gasteiger partial charge in [0, 0.05) is 30.3 Å². The summed E-state index contributed by atoms with van der Waals surface area (Å²) in [5.74, 6) is 0.304. The van der Waals surface area contributed by atoms with E-state index < -0.39 is 0 Å². The van der Waals surface area contributed by atoms with Crippen LogP contribution in [0.1, 0.15) is 114 Å². The molecule has 0 saturated heterocycles. The van der Waals surface area contributed by atoms with Crippen molar-refractivity contribution in [3.05, 3.63) is 57.6 Å². The molecule has 4 N–H and O–H groups in total. The van der Waals surface area contributed by atoms with E-state index in [4.69, 9.17) is 0 Å². The van der Waals surface area contributed by atoms with E-state index in [2.05, 4.69) is 86.6 Å². The van der Waals surface area contributed by atoms with Gasteiger partial charge in [0.1, 0.15) is 11.5 Å². The molecule has 2 aromatic rings. The normalized spacial score (nSPS) is 13.0. The molecule has 0 radical (unpaired) electrons. The van der Waals surface area contributed by atoms with E-state index in [1.54, 1.807) is 0 Å². The molecule has 2 rings (SSSR count). The molecule has 2 aromatic carbocycles. The molecule has 0 unspecified atom stereocenters. The summed E-state index contributed by atoms with van der Waals surface area (Å²) in [4.78, 5) is 0. The van der Waals surface area contributed by atoms with Crippen molar-refractivity contribution in [2.45, 2.75) is 105 Å². The molecule has 0 atom stereocenters. The minimum Gasteiger partial charge on any atom is -0.507 e. The molecule has 0 heterocycles. The van der Waals surface area contributed by atoms with Crippen LogP contribution in [0.25, 0.3) is 0 Å². The number of phenolic OH excluding ortho intramolecular Hbond substituents is 2. The molecule has 4 heteroatoms. The number of aryl methyl sites for hydroxylation is 2. The van der Waals surface area contributed by atoms with Crippen molar-refractivity contribution in [1.29, 1.82) is 0 Å². The van der Waals surface area contributed by atoms with Crippen LogP contribution in [0.4, 0.5) is 0 Å². The van der Waals surface area contributed by atoms with Crippen LogP contribution in [0.2, 0.25) is 0 Å². The van der Waals surface area contributed by atoms with Crippen molar-refractivity contribution in [3.63, 3.8) is 0 Å². The van der Waals surface area contributed by atoms with Crippen LogP contribution < -0.4 is 0 Å². The van der Waals surface area contributed by atoms with E-state index >= 15 is 0 Å². The van der Waals surface area contributed by atoms with Gasteiger partial charge in [0.25, 0.3) is 0 Å². The maximum Gasteiger partial charge on any atom is 0.123 e. The van der Waals surface area contributed by atoms with Crippen molar-refractivity contribution in [1.82, 2.24) is 0 Å². The minimum atomic E-state index is -0.301. The Labute approximate surface area is 213 Å². The highest BCUT2D eigenvalue weighted by Gasteiger charge is 2.36. The van der Waals surface area contributed by atoms with Gasteiger partial charge in [-0.15, -0.1) is 0 Å². The van der Waals surface area contributed by atoms with Crippen LogP contribution in [-0.4, -0.2) is 33.6 Å². The summed E-state index contributed by atoms with van der Waals surface area (Å²) in [6.45, 7) is 19.2. The highest BCUT2D eigenvalue weighted by atomic mass is 16.3. The van der Waals surface area contributed by atoms with E-state index in [0.29, 0.717) is 12.8 Å². The summed E-state index contributed by atoms with van der Waals surface area (Å²) in [5, 5.41) is 42.2. The number of hydrogen-bond acceptors (Lipinski definition) is 4. The Morgan fingerprint density at radius 1 is 0.600 bits per heavy atom. The fourth-order valence-electron chi connectivity index (χ4n) is 4.98. The Bertz CT molecular complexity index is 925. The first-order valence-electron chi connectivity index (χ1n) is 13.0. The third-order valence-electron chi connectivity index (χ3n) is 6.75. The van der Waals surface area contributed by atoms with Gasteiger partial charge in [-0.25, -0.2) is 0 Å². The predicted octanol–water partition coefficient (Wildman–Crippen LogP) is 6.72. The van der Waals surface area contributed by atoms with E-state index in [1.807, 2.05) is 0 Å². The molecule has 4 nitrogen and oxygen atoms in total. The highest BCUT2D eigenvalue weighted by Crippen LogP contribution is 2.51. The van der Waals surface area contributed by atoms with Crippen molar-refractivity contribution in [3.8, 4) is 11.5 Å². The van der Waals surface area contributed by atoms with Crippen molar-refractivity contribution >= 4 is 0 Å². The first-order valence-corrected chi connectivity index (χ1v) is 13.0. The van der Waals surface area contributed by atoms with Gasteiger partial charge in [0.05, 0.1) is 0 Å². The monoisotopic (exact) mass is 484 g/mol. The molecule has 0 amide bonds. The zero-order valence-electron chi connectivity index (χ0n) is 23.4. The average Bonchev–Trinajstić information content (AvgIpc) is 2.71. The quantitative estimate of drug-likeness (QED) is 0.335. The molecule has 0 spiro atoms. The second-order valence-electron chi connectivity index (χ2n) is 13.1. The van der Waals surface area contributed by atoms with Gasteiger partial charge in [-0.3, -0.25) is 0 Å². The molecule has 35 heavy (non-hydrogen) atoms. The fourth-order valence-corrected chi connectivity index (χ4v) is 4.98.